The summed E-state index contributed by atoms with van der Waals surface area (Å²) in [6.07, 6.45) is 8.87. The topological polar surface area (TPSA) is 13.0 Å². The van der Waals surface area contributed by atoms with Crippen LogP contribution in [0.15, 0.2) is 243 Å². The molecule has 111 heavy (non-hydrogen) atoms. The molecule has 0 aromatic heterocycles. The van der Waals surface area contributed by atoms with Crippen LogP contribution >= 0.6 is 0 Å². The molecule has 4 aliphatic heterocycles. The molecule has 0 radical (unpaired) electrons. The highest BCUT2D eigenvalue weighted by Gasteiger charge is 2.42. The Balaban J connectivity index is 0.000000175. The van der Waals surface area contributed by atoms with Crippen molar-refractivity contribution < 1.29 is 0 Å². The second-order valence-electron chi connectivity index (χ2n) is 29.1. The van der Waals surface area contributed by atoms with Gasteiger partial charge in [0.05, 0.1) is 5.69 Å². The molecule has 4 heterocycles. The van der Waals surface area contributed by atoms with Crippen molar-refractivity contribution in [2.24, 2.45) is 0 Å². The van der Waals surface area contributed by atoms with Gasteiger partial charge in [0.15, 0.2) is 0 Å². The van der Waals surface area contributed by atoms with Gasteiger partial charge in [-0.15, -0.1) is 0 Å². The third kappa shape index (κ3) is 16.6. The molecular weight excluding hydrogens is 1340 g/mol. The second-order valence-corrected chi connectivity index (χ2v) is 29.1. The molecule has 0 bridgehead atoms. The first-order chi connectivity index (χ1) is 54.1. The highest BCUT2D eigenvalue weighted by atomic mass is 15.1. The molecule has 3 aliphatic carbocycles. The maximum atomic E-state index is 2.48. The van der Waals surface area contributed by atoms with Gasteiger partial charge in [0.1, 0.15) is 0 Å². The van der Waals surface area contributed by atoms with E-state index in [1.54, 1.807) is 0 Å². The number of rotatable bonds is 0. The monoisotopic (exact) mass is 1480 g/mol. The minimum Gasteiger partial charge on any atom is -0.344 e. The maximum Gasteiger partial charge on any atom is 0.0520 e. The van der Waals surface area contributed by atoms with Crippen molar-refractivity contribution in [3.63, 3.8) is 0 Å². The van der Waals surface area contributed by atoms with Crippen LogP contribution in [-0.2, 0) is 67.6 Å². The zero-order chi connectivity index (χ0) is 81.1. The molecule has 12 aromatic rings. The summed E-state index contributed by atoms with van der Waals surface area (Å²) in [4.78, 5) is 9.56. The van der Waals surface area contributed by atoms with Crippen LogP contribution in [0.5, 0.6) is 0 Å². The highest BCUT2D eigenvalue weighted by Crippen LogP contribution is 2.57. The van der Waals surface area contributed by atoms with Crippen molar-refractivity contribution in [3.05, 3.63) is 321 Å². The van der Waals surface area contributed by atoms with Gasteiger partial charge < -0.3 is 19.6 Å². The number of fused-ring (bicyclic) bond motifs is 21. The van der Waals surface area contributed by atoms with Crippen molar-refractivity contribution >= 4 is 56.3 Å². The standard InChI is InChI=1S/3C24H23N.C19H17N.8C2H6/c1-24(2)20-10-6-5-9-18(20)19-15-23-17(14-21(19)24)13-12-16-8-4-7-11-22(16)25(23)3;1-24(2)20-10-6-5-9-18(20)19-15-14-17-13-12-16-8-4-7-11-21(16)25(3)23(17)22(19)24;1-24(2)19-10-6-5-9-17(19)23-18-13-12-16-8-4-7-11-21(16)25(3)22(18)15-14-20(23)24;1-20-18-9-5-3-7-15(18)11-13-16-12-10-14-6-2-4-8-17(14)19(16)20;8*1-2/h3*4-11,14-15H,12-13H2,1-3H3;2-10,12H,11,13H2,1H3;8*1-2H3. The Labute approximate surface area is 673 Å². The Morgan fingerprint density at radius 2 is 0.586 bits per heavy atom. The van der Waals surface area contributed by atoms with Crippen molar-refractivity contribution in [3.8, 4) is 33.4 Å². The van der Waals surface area contributed by atoms with E-state index in [0.717, 1.165) is 51.4 Å². The summed E-state index contributed by atoms with van der Waals surface area (Å²) >= 11 is 0. The third-order valence-corrected chi connectivity index (χ3v) is 22.8. The van der Waals surface area contributed by atoms with Gasteiger partial charge in [-0.05, 0) is 204 Å². The molecule has 0 spiro atoms. The average molecular weight is 1480 g/mol. The Kier molecular flexibility index (Phi) is 30.7. The SMILES string of the molecule is CC.CC.CC.CC.CC.CC.CC.CC.CN1c2ccccc2CCc2c1ccc1c2-c2ccccc2C1(C)C.CN1c2ccccc2CCc2cc3c(cc21)-c1ccccc1C3(C)C.CN1c2ccccc2CCc2ccc3c(c21)C(C)(C)c1ccccc1-3.CN1c2ccccc2CCc2ccc3ccccc3c21. The van der Waals surface area contributed by atoms with Crippen LogP contribution in [0.4, 0.5) is 45.5 Å². The predicted octanol–water partition coefficient (Wildman–Crippen LogP) is 30.5. The molecule has 19 rings (SSSR count). The molecule has 0 unspecified atom stereocenters. The van der Waals surface area contributed by atoms with Gasteiger partial charge in [0.25, 0.3) is 0 Å². The molecule has 582 valence electrons. The Morgan fingerprint density at radius 3 is 1.11 bits per heavy atom. The van der Waals surface area contributed by atoms with Gasteiger partial charge >= 0.3 is 0 Å². The van der Waals surface area contributed by atoms with E-state index in [1.165, 1.54) is 168 Å². The molecule has 0 saturated heterocycles. The zero-order valence-corrected chi connectivity index (χ0v) is 73.0. The number of hydrogen-bond donors (Lipinski definition) is 0. The van der Waals surface area contributed by atoms with Gasteiger partial charge in [0, 0.05) is 89.6 Å². The lowest BCUT2D eigenvalue weighted by Gasteiger charge is -2.30. The second kappa shape index (κ2) is 39.3. The number of hydrogen-bond acceptors (Lipinski definition) is 4. The van der Waals surface area contributed by atoms with Crippen LogP contribution in [0.3, 0.4) is 0 Å². The van der Waals surface area contributed by atoms with Gasteiger partial charge in [-0.3, -0.25) is 0 Å². The van der Waals surface area contributed by atoms with Gasteiger partial charge in [-0.1, -0.05) is 359 Å². The summed E-state index contributed by atoms with van der Waals surface area (Å²) in [7, 11) is 8.85. The van der Waals surface area contributed by atoms with Crippen LogP contribution < -0.4 is 19.6 Å². The Bertz CT molecular complexity index is 5010. The number of nitrogens with zero attached hydrogens (tertiary/aromatic N) is 4. The first-order valence-corrected chi connectivity index (χ1v) is 42.7. The van der Waals surface area contributed by atoms with Gasteiger partial charge in [0.2, 0.25) is 0 Å². The fourth-order valence-electron chi connectivity index (χ4n) is 17.9. The quantitative estimate of drug-likeness (QED) is 0.150. The lowest BCUT2D eigenvalue weighted by Crippen LogP contribution is -2.21. The molecule has 0 atom stereocenters. The first-order valence-electron chi connectivity index (χ1n) is 42.7. The molecule has 4 heteroatoms. The number of anilines is 8. The van der Waals surface area contributed by atoms with E-state index in [-0.39, 0.29) is 16.2 Å². The molecule has 12 aromatic carbocycles. The summed E-state index contributed by atoms with van der Waals surface area (Å²) in [5.74, 6) is 0. The van der Waals surface area contributed by atoms with Crippen molar-refractivity contribution in [2.75, 3.05) is 47.8 Å². The van der Waals surface area contributed by atoms with E-state index in [2.05, 4.69) is 332 Å². The van der Waals surface area contributed by atoms with E-state index in [9.17, 15) is 0 Å². The molecule has 7 aliphatic rings. The van der Waals surface area contributed by atoms with E-state index < -0.39 is 0 Å². The fourth-order valence-corrected chi connectivity index (χ4v) is 17.9. The van der Waals surface area contributed by atoms with Crippen LogP contribution in [-0.4, -0.2) is 28.2 Å². The number of para-hydroxylation sites is 4. The number of benzene rings is 12. The van der Waals surface area contributed by atoms with Crippen LogP contribution in [0.25, 0.3) is 44.2 Å². The molecule has 0 N–H and O–H groups in total. The molecule has 0 saturated carbocycles. The fraction of sp³-hybridized carbons (Fsp3) is 0.346. The Morgan fingerprint density at radius 1 is 0.225 bits per heavy atom. The summed E-state index contributed by atoms with van der Waals surface area (Å²) in [6, 6.07) is 89.5. The van der Waals surface area contributed by atoms with Crippen LogP contribution in [0.1, 0.15) is 230 Å². The van der Waals surface area contributed by atoms with Crippen molar-refractivity contribution in [2.45, 2.75) is 220 Å². The largest absolute Gasteiger partial charge is 0.344 e. The third-order valence-electron chi connectivity index (χ3n) is 22.8. The van der Waals surface area contributed by atoms with Crippen LogP contribution in [0, 0.1) is 0 Å². The van der Waals surface area contributed by atoms with E-state index >= 15 is 0 Å². The molecule has 0 fully saturated rings. The van der Waals surface area contributed by atoms with Gasteiger partial charge in [-0.25, -0.2) is 0 Å². The lowest BCUT2D eigenvalue weighted by atomic mass is 9.80. The predicted molar refractivity (Wildman–Crippen MR) is 494 cm³/mol. The van der Waals surface area contributed by atoms with Gasteiger partial charge in [-0.2, -0.15) is 0 Å². The number of aryl methyl sites for hydroxylation is 7. The minimum absolute atomic E-state index is 0.0326. The maximum absolute atomic E-state index is 2.48. The smallest absolute Gasteiger partial charge is 0.0520 e. The summed E-state index contributed by atoms with van der Waals surface area (Å²) in [5.41, 5.74) is 40.1. The van der Waals surface area contributed by atoms with E-state index in [4.69, 9.17) is 0 Å². The van der Waals surface area contributed by atoms with E-state index in [1.807, 2.05) is 111 Å². The van der Waals surface area contributed by atoms with Crippen molar-refractivity contribution in [1.82, 2.24) is 0 Å². The zero-order valence-electron chi connectivity index (χ0n) is 73.0. The van der Waals surface area contributed by atoms with E-state index in [0.29, 0.717) is 0 Å². The average Bonchev–Trinajstić information content (AvgIpc) is 1.58. The van der Waals surface area contributed by atoms with Crippen LogP contribution in [0.2, 0.25) is 0 Å². The molecule has 0 amide bonds. The lowest BCUT2D eigenvalue weighted by molar-refractivity contribution is 0.659. The van der Waals surface area contributed by atoms with Crippen molar-refractivity contribution in [1.29, 1.82) is 0 Å². The summed E-state index contributed by atoms with van der Waals surface area (Å²) in [5, 5.41) is 2.67. The summed E-state index contributed by atoms with van der Waals surface area (Å²) < 4.78 is 0. The highest BCUT2D eigenvalue weighted by molar-refractivity contribution is 5.99. The first kappa shape index (κ1) is 86.7. The molecular formula is C107H134N4. The minimum atomic E-state index is 0.0326. The Hall–Kier alpha value is -9.90. The normalized spacial score (nSPS) is 14.1. The molecule has 4 nitrogen and oxygen atoms in total. The summed E-state index contributed by atoms with van der Waals surface area (Å²) in [6.45, 7) is 46.2.